The molecule has 1 N–H and O–H groups in total. The van der Waals surface area contributed by atoms with Crippen LogP contribution in [0.3, 0.4) is 0 Å². The molecule has 5 atom stereocenters. The molecular formula is C30H34F3N3O5S. The summed E-state index contributed by atoms with van der Waals surface area (Å²) in [5.74, 6) is -1.68. The second-order valence-corrected chi connectivity index (χ2v) is 13.3. The molecule has 12 heteroatoms. The molecule has 226 valence electrons. The summed E-state index contributed by atoms with van der Waals surface area (Å²) in [7, 11) is 1.51. The molecule has 0 spiro atoms. The number of ether oxygens (including phenoxy) is 2. The minimum atomic E-state index is -4.26. The van der Waals surface area contributed by atoms with E-state index in [1.807, 2.05) is 0 Å². The Morgan fingerprint density at radius 1 is 1.12 bits per heavy atom. The molecule has 0 radical (unpaired) electrons. The van der Waals surface area contributed by atoms with Crippen molar-refractivity contribution in [3.8, 4) is 5.75 Å². The molecular weight excluding hydrogens is 571 g/mol. The van der Waals surface area contributed by atoms with E-state index in [2.05, 4.69) is 10.1 Å². The summed E-state index contributed by atoms with van der Waals surface area (Å²) in [5, 5.41) is 14.6. The Bertz CT molecular complexity index is 1470. The first kappa shape index (κ1) is 27.9. The minimum Gasteiger partial charge on any atom is -0.494 e. The fraction of sp³-hybridized carbons (Fsp3) is 0.633. The van der Waals surface area contributed by atoms with Gasteiger partial charge in [-0.3, -0.25) is 0 Å². The predicted molar refractivity (Wildman–Crippen MR) is 149 cm³/mol. The molecule has 2 aliphatic carbocycles. The van der Waals surface area contributed by atoms with E-state index < -0.39 is 24.0 Å². The number of aromatic carboxylic acids is 1. The van der Waals surface area contributed by atoms with Gasteiger partial charge in [-0.1, -0.05) is 29.3 Å². The number of nitrogens with zero attached hydrogens (tertiary/aromatic N) is 3. The monoisotopic (exact) mass is 605 g/mol. The van der Waals surface area contributed by atoms with Crippen LogP contribution in [0.5, 0.6) is 5.75 Å². The summed E-state index contributed by atoms with van der Waals surface area (Å²) < 4.78 is 60.3. The number of aromatic nitrogens is 2. The molecule has 2 saturated heterocycles. The van der Waals surface area contributed by atoms with Crippen molar-refractivity contribution in [2.45, 2.75) is 107 Å². The number of rotatable bonds is 8. The van der Waals surface area contributed by atoms with E-state index in [-0.39, 0.29) is 42.7 Å². The van der Waals surface area contributed by atoms with Gasteiger partial charge in [-0.15, -0.1) is 0 Å². The molecule has 2 bridgehead atoms. The highest BCUT2D eigenvalue weighted by atomic mass is 32.1. The zero-order valence-electron chi connectivity index (χ0n) is 23.4. The van der Waals surface area contributed by atoms with Gasteiger partial charge in [0.25, 0.3) is 0 Å². The van der Waals surface area contributed by atoms with Crippen LogP contribution in [-0.2, 0) is 11.3 Å². The number of thiazole rings is 1. The number of piperidine rings is 1. The van der Waals surface area contributed by atoms with E-state index in [1.54, 1.807) is 6.07 Å². The van der Waals surface area contributed by atoms with Crippen molar-refractivity contribution < 1.29 is 37.1 Å². The van der Waals surface area contributed by atoms with Crippen LogP contribution in [0.4, 0.5) is 18.3 Å². The van der Waals surface area contributed by atoms with Gasteiger partial charge in [-0.2, -0.15) is 13.2 Å². The molecule has 42 heavy (non-hydrogen) atoms. The van der Waals surface area contributed by atoms with Gasteiger partial charge in [0.15, 0.2) is 5.13 Å². The van der Waals surface area contributed by atoms with Crippen molar-refractivity contribution >= 4 is 32.7 Å². The summed E-state index contributed by atoms with van der Waals surface area (Å²) in [6, 6.07) is 3.58. The Labute approximate surface area is 245 Å². The van der Waals surface area contributed by atoms with Gasteiger partial charge in [-0.05, 0) is 63.5 Å². The quantitative estimate of drug-likeness (QED) is 0.283. The molecule has 4 heterocycles. The second kappa shape index (κ2) is 10.7. The van der Waals surface area contributed by atoms with E-state index in [1.165, 1.54) is 24.5 Å². The minimum absolute atomic E-state index is 0.0270. The van der Waals surface area contributed by atoms with E-state index >= 15 is 0 Å². The molecule has 7 rings (SSSR count). The van der Waals surface area contributed by atoms with E-state index in [0.717, 1.165) is 66.1 Å². The van der Waals surface area contributed by atoms with Gasteiger partial charge in [0, 0.05) is 29.5 Å². The molecule has 0 amide bonds. The first-order valence-corrected chi connectivity index (χ1v) is 15.7. The van der Waals surface area contributed by atoms with Crippen LogP contribution in [0.2, 0.25) is 0 Å². The number of hydrogen-bond acceptors (Lipinski definition) is 8. The summed E-state index contributed by atoms with van der Waals surface area (Å²) in [4.78, 5) is 18.8. The molecule has 2 aromatic heterocycles. The van der Waals surface area contributed by atoms with Crippen molar-refractivity contribution in [1.82, 2.24) is 10.1 Å². The summed E-state index contributed by atoms with van der Waals surface area (Å²) in [6.07, 6.45) is 3.19. The number of fused-ring (bicyclic) bond motifs is 3. The standard InChI is InChI=1S/C30H34F3N3O5S/c1-39-23-10-16(28(37)38)11-24-26(23)34-29(42-24)36-17-8-9-18(36)13-19(12-17)40-14-21-25(35-41-27(21)15-6-7-15)20-4-2-3-5-22(20)30(31,32)33/h10-11,15,17-20,22H,2-9,12-14H2,1H3,(H,37,38)/t17-,18+,19?,20-,22-/m0/s1. The predicted octanol–water partition coefficient (Wildman–Crippen LogP) is 7.42. The summed E-state index contributed by atoms with van der Waals surface area (Å²) >= 11 is 1.48. The fourth-order valence-corrected chi connectivity index (χ4v) is 8.61. The van der Waals surface area contributed by atoms with Gasteiger partial charge >= 0.3 is 12.1 Å². The molecule has 2 saturated carbocycles. The number of hydrogen-bond donors (Lipinski definition) is 1. The highest BCUT2D eigenvalue weighted by molar-refractivity contribution is 7.22. The Morgan fingerprint density at radius 2 is 1.86 bits per heavy atom. The topological polar surface area (TPSA) is 97.9 Å². The maximum atomic E-state index is 14.0. The largest absolute Gasteiger partial charge is 0.494 e. The number of methoxy groups -OCH3 is 1. The average molecular weight is 606 g/mol. The number of carbonyl (C=O) groups is 1. The van der Waals surface area contributed by atoms with Gasteiger partial charge in [-0.25, -0.2) is 9.78 Å². The van der Waals surface area contributed by atoms with Gasteiger partial charge in [0.1, 0.15) is 17.0 Å². The smallest absolute Gasteiger partial charge is 0.392 e. The van der Waals surface area contributed by atoms with E-state index in [9.17, 15) is 23.1 Å². The lowest BCUT2D eigenvalue weighted by molar-refractivity contribution is -0.187. The lowest BCUT2D eigenvalue weighted by Gasteiger charge is -2.38. The van der Waals surface area contributed by atoms with Crippen LogP contribution in [0.15, 0.2) is 16.7 Å². The van der Waals surface area contributed by atoms with Crippen molar-refractivity contribution in [2.75, 3.05) is 12.0 Å². The third-order valence-corrected chi connectivity index (χ3v) is 10.6. The third-order valence-electron chi connectivity index (χ3n) is 9.62. The molecule has 4 fully saturated rings. The molecule has 8 nitrogen and oxygen atoms in total. The van der Waals surface area contributed by atoms with Crippen LogP contribution in [0.25, 0.3) is 10.2 Å². The van der Waals surface area contributed by atoms with Gasteiger partial charge in [0.2, 0.25) is 0 Å². The summed E-state index contributed by atoms with van der Waals surface area (Å²) in [6.45, 7) is 0.228. The lowest BCUT2D eigenvalue weighted by atomic mass is 9.76. The van der Waals surface area contributed by atoms with Crippen molar-refractivity contribution in [2.24, 2.45) is 5.92 Å². The highest BCUT2D eigenvalue weighted by Gasteiger charge is 2.49. The highest BCUT2D eigenvalue weighted by Crippen LogP contribution is 2.50. The van der Waals surface area contributed by atoms with Crippen molar-refractivity contribution in [1.29, 1.82) is 0 Å². The van der Waals surface area contributed by atoms with E-state index in [0.29, 0.717) is 29.8 Å². The Hall–Kier alpha value is -2.86. The van der Waals surface area contributed by atoms with Gasteiger partial charge in [0.05, 0.1) is 41.7 Å². The SMILES string of the molecule is COc1cc(C(=O)O)cc2sc(N3[C@@H]4CC[C@H]3CC(OCc3c([C@H]5CCCC[C@@H]5C(F)(F)F)noc3C3CC3)C4)nc12. The number of carboxylic acids is 1. The van der Waals surface area contributed by atoms with Gasteiger partial charge < -0.3 is 24.0 Å². The number of alkyl halides is 3. The Kier molecular flexibility index (Phi) is 7.11. The van der Waals surface area contributed by atoms with Crippen molar-refractivity contribution in [3.63, 3.8) is 0 Å². The summed E-state index contributed by atoms with van der Waals surface area (Å²) in [5.41, 5.74) is 2.04. The first-order valence-electron chi connectivity index (χ1n) is 14.9. The second-order valence-electron chi connectivity index (χ2n) is 12.2. The first-order chi connectivity index (χ1) is 20.2. The molecule has 2 aliphatic heterocycles. The van der Waals surface area contributed by atoms with Crippen LogP contribution < -0.4 is 9.64 Å². The fourth-order valence-electron chi connectivity index (χ4n) is 7.44. The maximum absolute atomic E-state index is 14.0. The van der Waals surface area contributed by atoms with Crippen LogP contribution in [0.1, 0.15) is 103 Å². The molecule has 1 unspecified atom stereocenters. The molecule has 1 aromatic carbocycles. The zero-order valence-corrected chi connectivity index (χ0v) is 24.2. The zero-order chi connectivity index (χ0) is 29.2. The van der Waals surface area contributed by atoms with Crippen LogP contribution in [0, 0.1) is 5.92 Å². The van der Waals surface area contributed by atoms with E-state index in [4.69, 9.17) is 19.0 Å². The Balaban J connectivity index is 1.09. The van der Waals surface area contributed by atoms with Crippen molar-refractivity contribution in [3.05, 3.63) is 34.7 Å². The maximum Gasteiger partial charge on any atom is 0.392 e. The third kappa shape index (κ3) is 5.04. The average Bonchev–Trinajstić information content (AvgIpc) is 3.48. The normalized spacial score (nSPS) is 28.0. The lowest BCUT2D eigenvalue weighted by Crippen LogP contribution is -2.45. The number of benzene rings is 1. The number of anilines is 1. The number of carboxylic acid groups (broad SMARTS) is 1. The van der Waals surface area contributed by atoms with Crippen LogP contribution >= 0.6 is 11.3 Å². The van der Waals surface area contributed by atoms with Crippen LogP contribution in [-0.4, -0.2) is 52.7 Å². The molecule has 4 aliphatic rings. The number of halogens is 3. The Morgan fingerprint density at radius 3 is 2.52 bits per heavy atom. The molecule has 3 aromatic rings.